The lowest BCUT2D eigenvalue weighted by molar-refractivity contribution is -0.0573. The third-order valence-corrected chi connectivity index (χ3v) is 15.3. The van der Waals surface area contributed by atoms with Crippen LogP contribution in [0.3, 0.4) is 0 Å². The minimum Gasteiger partial charge on any atom is -0.490 e. The summed E-state index contributed by atoms with van der Waals surface area (Å²) in [7, 11) is -2.86. The first-order valence-corrected chi connectivity index (χ1v) is 19.5. The molecule has 1 saturated heterocycles. The summed E-state index contributed by atoms with van der Waals surface area (Å²) in [5, 5.41) is 0.533. The maximum absolute atomic E-state index is 13.8. The molecule has 1 N–H and O–H groups in total. The lowest BCUT2D eigenvalue weighted by atomic mass is 9.67. The second-order valence-electron chi connectivity index (χ2n) is 14.0. The van der Waals surface area contributed by atoms with Crippen molar-refractivity contribution in [1.29, 1.82) is 0 Å². The lowest BCUT2D eigenvalue weighted by Gasteiger charge is -2.50. The maximum Gasteiger partial charge on any atom is 0.262 e. The standard InChI is InChI=1S/C35H45ClN2O4S2/c1-23-6-4-15-35(42-16-17-43-35)30-11-8-27(30)20-38-21-34(14-5-7-25-18-28(36)10-12-29(25)34)22-41-32-13-9-26(19-31(32)38)33(39)37-44(3,40)24(23)2/h9-10,12-13,18-19,23-24,27,30H,3-8,11,14-17,20-22H2,1-2H3,(H,37,39,40)/t23-,24+,27-,30+,34-,35+,44?/m0/s1. The molecule has 7 rings (SSSR count). The molecule has 2 aliphatic carbocycles. The number of thioether (sulfide) groups is 1. The summed E-state index contributed by atoms with van der Waals surface area (Å²) in [5.41, 5.74) is 3.91. The number of hydrogen-bond acceptors (Lipinski definition) is 6. The van der Waals surface area contributed by atoms with Gasteiger partial charge in [-0.15, -0.1) is 11.8 Å². The van der Waals surface area contributed by atoms with Crippen molar-refractivity contribution in [2.24, 2.45) is 17.8 Å². The van der Waals surface area contributed by atoms with E-state index in [0.717, 1.165) is 80.4 Å². The number of aryl methyl sites for hydroxylation is 1. The first-order chi connectivity index (χ1) is 21.1. The fourth-order valence-corrected chi connectivity index (χ4v) is 11.7. The Bertz CT molecular complexity index is 1540. The molecule has 5 aliphatic rings. The first kappa shape index (κ1) is 30.8. The number of halogens is 1. The Hall–Kier alpha value is -1.87. The zero-order chi connectivity index (χ0) is 30.7. The van der Waals surface area contributed by atoms with Gasteiger partial charge in [0.2, 0.25) is 0 Å². The van der Waals surface area contributed by atoms with Crippen LogP contribution in [0, 0.1) is 17.8 Å². The smallest absolute Gasteiger partial charge is 0.262 e. The van der Waals surface area contributed by atoms with Crippen molar-refractivity contribution in [3.8, 4) is 5.75 Å². The van der Waals surface area contributed by atoms with E-state index in [0.29, 0.717) is 24.0 Å². The van der Waals surface area contributed by atoms with Gasteiger partial charge in [-0.3, -0.25) is 9.52 Å². The van der Waals surface area contributed by atoms with Crippen LogP contribution in [-0.4, -0.2) is 58.2 Å². The molecule has 0 radical (unpaired) electrons. The average molecular weight is 657 g/mol. The van der Waals surface area contributed by atoms with Crippen LogP contribution in [-0.2, 0) is 26.3 Å². The number of amides is 1. The minimum absolute atomic E-state index is 0.151. The number of carbonyl (C=O) groups excluding carboxylic acids is 1. The highest BCUT2D eigenvalue weighted by atomic mass is 35.5. The summed E-state index contributed by atoms with van der Waals surface area (Å²) in [6, 6.07) is 12.0. The van der Waals surface area contributed by atoms with E-state index in [-0.39, 0.29) is 27.4 Å². The molecule has 2 fully saturated rings. The molecule has 2 spiro atoms. The third kappa shape index (κ3) is 5.46. The molecule has 7 atom stereocenters. The van der Waals surface area contributed by atoms with Crippen molar-refractivity contribution in [2.45, 2.75) is 80.8 Å². The van der Waals surface area contributed by atoms with Crippen molar-refractivity contribution in [2.75, 3.05) is 37.0 Å². The first-order valence-electron chi connectivity index (χ1n) is 16.4. The molecule has 3 heterocycles. The van der Waals surface area contributed by atoms with Gasteiger partial charge < -0.3 is 14.4 Å². The van der Waals surface area contributed by atoms with Crippen LogP contribution >= 0.6 is 23.4 Å². The van der Waals surface area contributed by atoms with E-state index in [1.165, 1.54) is 24.0 Å². The van der Waals surface area contributed by atoms with Crippen molar-refractivity contribution < 1.29 is 18.5 Å². The highest BCUT2D eigenvalue weighted by Crippen LogP contribution is 2.55. The van der Waals surface area contributed by atoms with Crippen LogP contribution in [0.1, 0.15) is 80.3 Å². The number of ether oxygens (including phenoxy) is 2. The van der Waals surface area contributed by atoms with Gasteiger partial charge in [-0.05, 0) is 117 Å². The highest BCUT2D eigenvalue weighted by molar-refractivity contribution is 8.00. The monoisotopic (exact) mass is 656 g/mol. The Morgan fingerprint density at radius 3 is 2.75 bits per heavy atom. The van der Waals surface area contributed by atoms with Gasteiger partial charge in [0.05, 0.1) is 28.6 Å². The summed E-state index contributed by atoms with van der Waals surface area (Å²) in [4.78, 5) is 16.0. The predicted octanol–water partition coefficient (Wildman–Crippen LogP) is 6.87. The number of nitrogens with zero attached hydrogens (tertiary/aromatic N) is 1. The molecule has 1 unspecified atom stereocenters. The van der Waals surface area contributed by atoms with Crippen LogP contribution in [0.2, 0.25) is 5.02 Å². The van der Waals surface area contributed by atoms with Crippen LogP contribution in [0.15, 0.2) is 36.4 Å². The van der Waals surface area contributed by atoms with E-state index >= 15 is 0 Å². The fourth-order valence-electron chi connectivity index (χ4n) is 8.51. The average Bonchev–Trinajstić information content (AvgIpc) is 3.38. The third-order valence-electron chi connectivity index (χ3n) is 11.4. The molecule has 0 aromatic heterocycles. The van der Waals surface area contributed by atoms with Gasteiger partial charge >= 0.3 is 0 Å². The van der Waals surface area contributed by atoms with Crippen LogP contribution in [0.4, 0.5) is 5.69 Å². The van der Waals surface area contributed by atoms with Gasteiger partial charge in [0.25, 0.3) is 5.91 Å². The van der Waals surface area contributed by atoms with Crippen molar-refractivity contribution in [3.63, 3.8) is 0 Å². The summed E-state index contributed by atoms with van der Waals surface area (Å²) >= 11 is 8.47. The van der Waals surface area contributed by atoms with Gasteiger partial charge in [-0.25, -0.2) is 4.21 Å². The molecule has 2 aromatic carbocycles. The number of hydrogen-bond donors (Lipinski definition) is 1. The Kier molecular flexibility index (Phi) is 8.21. The lowest BCUT2D eigenvalue weighted by Crippen LogP contribution is -2.52. The molecular weight excluding hydrogens is 612 g/mol. The molecule has 1 saturated carbocycles. The second-order valence-corrected chi connectivity index (χ2v) is 18.2. The Morgan fingerprint density at radius 1 is 1.11 bits per heavy atom. The number of benzene rings is 2. The van der Waals surface area contributed by atoms with E-state index in [2.05, 4.69) is 34.5 Å². The summed E-state index contributed by atoms with van der Waals surface area (Å²) < 4.78 is 30.0. The predicted molar refractivity (Wildman–Crippen MR) is 183 cm³/mol. The van der Waals surface area contributed by atoms with Crippen LogP contribution in [0.25, 0.3) is 0 Å². The van der Waals surface area contributed by atoms with E-state index in [9.17, 15) is 9.00 Å². The van der Waals surface area contributed by atoms with E-state index in [1.54, 1.807) is 6.07 Å². The summed E-state index contributed by atoms with van der Waals surface area (Å²) in [6.07, 6.45) is 8.45. The van der Waals surface area contributed by atoms with Crippen molar-refractivity contribution in [1.82, 2.24) is 4.72 Å². The van der Waals surface area contributed by atoms with E-state index in [1.807, 2.05) is 36.9 Å². The molecule has 2 bridgehead atoms. The molecule has 6 nitrogen and oxygen atoms in total. The van der Waals surface area contributed by atoms with Crippen molar-refractivity contribution >= 4 is 50.5 Å². The van der Waals surface area contributed by atoms with Gasteiger partial charge in [-0.2, -0.15) is 0 Å². The van der Waals surface area contributed by atoms with Gasteiger partial charge in [0.15, 0.2) is 0 Å². The van der Waals surface area contributed by atoms with E-state index in [4.69, 9.17) is 21.1 Å². The number of anilines is 1. The Labute approximate surface area is 272 Å². The van der Waals surface area contributed by atoms with Gasteiger partial charge in [0.1, 0.15) is 10.7 Å². The number of carbonyl (C=O) groups is 1. The molecule has 238 valence electrons. The Morgan fingerprint density at radius 2 is 1.98 bits per heavy atom. The molecular formula is C35H45ClN2O4S2. The van der Waals surface area contributed by atoms with Gasteiger partial charge in [-0.1, -0.05) is 24.6 Å². The SMILES string of the molecule is C=S1(=O)NC(=O)c2ccc3c(c2)N(C[C@@H]2CC[C@H]2[C@]2(CCC[C@H](C)[C@H]1C)OCCS2)C[C@@]1(CCCc2cc(Cl)ccc21)CO3. The zero-order valence-electron chi connectivity index (χ0n) is 25.9. The molecule has 2 aromatic rings. The number of rotatable bonds is 0. The Balaban J connectivity index is 1.31. The molecule has 44 heavy (non-hydrogen) atoms. The molecule has 1 amide bonds. The minimum atomic E-state index is -2.86. The largest absolute Gasteiger partial charge is 0.490 e. The topological polar surface area (TPSA) is 67.9 Å². The second kappa shape index (κ2) is 11.7. The molecule has 3 aliphatic heterocycles. The number of fused-ring (bicyclic) bond motifs is 5. The summed E-state index contributed by atoms with van der Waals surface area (Å²) in [6.45, 7) is 7.19. The summed E-state index contributed by atoms with van der Waals surface area (Å²) in [5.74, 6) is 6.69. The molecule has 9 heteroatoms. The highest BCUT2D eigenvalue weighted by Gasteiger charge is 2.52. The maximum atomic E-state index is 13.8. The normalized spacial score (nSPS) is 37.3. The van der Waals surface area contributed by atoms with Crippen LogP contribution < -0.4 is 14.4 Å². The van der Waals surface area contributed by atoms with Crippen molar-refractivity contribution in [3.05, 3.63) is 58.1 Å². The number of nitrogens with one attached hydrogen (secondary N) is 1. The van der Waals surface area contributed by atoms with Gasteiger partial charge in [0, 0.05) is 46.0 Å². The van der Waals surface area contributed by atoms with E-state index < -0.39 is 9.71 Å². The quantitative estimate of drug-likeness (QED) is 0.312. The van der Waals surface area contributed by atoms with Crippen LogP contribution in [0.5, 0.6) is 5.75 Å². The zero-order valence-corrected chi connectivity index (χ0v) is 28.3. The fraction of sp³-hybridized carbons (Fsp3) is 0.600.